The standard InChI is InChI=1S/C15H13N3O3/c1-21-13-5-2-11(3-6-13)9-17-10-16-14-7-4-12(18(19)20)8-15(14)17/h2-8,10H,9H2,1H3. The van der Waals surface area contributed by atoms with Crippen molar-refractivity contribution < 1.29 is 9.66 Å². The smallest absolute Gasteiger partial charge is 0.271 e. The quantitative estimate of drug-likeness (QED) is 0.545. The number of benzene rings is 2. The Labute approximate surface area is 120 Å². The lowest BCUT2D eigenvalue weighted by atomic mass is 10.2. The Balaban J connectivity index is 1.95. The van der Waals surface area contributed by atoms with Gasteiger partial charge in [0.1, 0.15) is 5.75 Å². The second kappa shape index (κ2) is 5.24. The molecule has 0 saturated heterocycles. The normalized spacial score (nSPS) is 10.7. The molecule has 3 rings (SSSR count). The number of aromatic nitrogens is 2. The lowest BCUT2D eigenvalue weighted by Crippen LogP contribution is -1.98. The summed E-state index contributed by atoms with van der Waals surface area (Å²) < 4.78 is 7.02. The number of ether oxygens (including phenoxy) is 1. The number of nitrogens with zero attached hydrogens (tertiary/aromatic N) is 3. The Bertz CT molecular complexity index is 794. The van der Waals surface area contributed by atoms with Crippen LogP contribution in [-0.2, 0) is 6.54 Å². The first-order valence-electron chi connectivity index (χ1n) is 6.39. The fourth-order valence-electron chi connectivity index (χ4n) is 2.21. The molecule has 0 saturated carbocycles. The van der Waals surface area contributed by atoms with E-state index in [0.717, 1.165) is 22.3 Å². The number of fused-ring (bicyclic) bond motifs is 1. The maximum Gasteiger partial charge on any atom is 0.271 e. The molecule has 0 fully saturated rings. The van der Waals surface area contributed by atoms with Crippen LogP contribution in [0.15, 0.2) is 48.8 Å². The fraction of sp³-hybridized carbons (Fsp3) is 0.133. The summed E-state index contributed by atoms with van der Waals surface area (Å²) in [5, 5.41) is 10.9. The van der Waals surface area contributed by atoms with Gasteiger partial charge in [0.25, 0.3) is 5.69 Å². The van der Waals surface area contributed by atoms with Crippen LogP contribution in [0.2, 0.25) is 0 Å². The Morgan fingerprint density at radius 3 is 2.67 bits per heavy atom. The average Bonchev–Trinajstić information content (AvgIpc) is 2.90. The van der Waals surface area contributed by atoms with E-state index in [0.29, 0.717) is 6.54 Å². The van der Waals surface area contributed by atoms with Gasteiger partial charge in [-0.25, -0.2) is 4.98 Å². The van der Waals surface area contributed by atoms with Gasteiger partial charge in [-0.15, -0.1) is 0 Å². The minimum absolute atomic E-state index is 0.0685. The molecular formula is C15H13N3O3. The number of methoxy groups -OCH3 is 1. The van der Waals surface area contributed by atoms with Crippen molar-refractivity contribution >= 4 is 16.7 Å². The molecule has 0 aliphatic carbocycles. The van der Waals surface area contributed by atoms with Crippen LogP contribution in [0.25, 0.3) is 11.0 Å². The molecule has 2 aromatic carbocycles. The zero-order valence-corrected chi connectivity index (χ0v) is 11.4. The molecule has 3 aromatic rings. The van der Waals surface area contributed by atoms with Gasteiger partial charge in [-0.1, -0.05) is 12.1 Å². The molecular weight excluding hydrogens is 270 g/mol. The molecule has 0 N–H and O–H groups in total. The summed E-state index contributed by atoms with van der Waals surface area (Å²) in [5.74, 6) is 0.796. The molecule has 0 aliphatic heterocycles. The third kappa shape index (κ3) is 2.55. The van der Waals surface area contributed by atoms with Crippen LogP contribution >= 0.6 is 0 Å². The van der Waals surface area contributed by atoms with Gasteiger partial charge in [0.05, 0.1) is 29.4 Å². The highest BCUT2D eigenvalue weighted by Gasteiger charge is 2.10. The van der Waals surface area contributed by atoms with Gasteiger partial charge in [0, 0.05) is 18.7 Å². The molecule has 0 unspecified atom stereocenters. The molecule has 6 heteroatoms. The maximum absolute atomic E-state index is 10.9. The van der Waals surface area contributed by atoms with E-state index in [4.69, 9.17) is 4.74 Å². The molecule has 21 heavy (non-hydrogen) atoms. The number of nitro benzene ring substituents is 1. The van der Waals surface area contributed by atoms with E-state index in [1.54, 1.807) is 25.6 Å². The molecule has 1 aromatic heterocycles. The largest absolute Gasteiger partial charge is 0.497 e. The zero-order valence-electron chi connectivity index (χ0n) is 11.4. The third-order valence-corrected chi connectivity index (χ3v) is 3.33. The summed E-state index contributed by atoms with van der Waals surface area (Å²) in [6.07, 6.45) is 1.69. The van der Waals surface area contributed by atoms with Crippen LogP contribution in [0, 0.1) is 10.1 Å². The average molecular weight is 283 g/mol. The summed E-state index contributed by atoms with van der Waals surface area (Å²) >= 11 is 0. The summed E-state index contributed by atoms with van der Waals surface area (Å²) in [4.78, 5) is 14.7. The van der Waals surface area contributed by atoms with Crippen LogP contribution in [0.1, 0.15) is 5.56 Å². The molecule has 0 atom stereocenters. The SMILES string of the molecule is COc1ccc(Cn2cnc3ccc([N+](=O)[O-])cc32)cc1. The van der Waals surface area contributed by atoms with E-state index in [2.05, 4.69) is 4.98 Å². The summed E-state index contributed by atoms with van der Waals surface area (Å²) in [6, 6.07) is 12.4. The van der Waals surface area contributed by atoms with Crippen molar-refractivity contribution in [3.63, 3.8) is 0 Å². The van der Waals surface area contributed by atoms with E-state index in [-0.39, 0.29) is 5.69 Å². The minimum atomic E-state index is -0.399. The lowest BCUT2D eigenvalue weighted by molar-refractivity contribution is -0.384. The fourth-order valence-corrected chi connectivity index (χ4v) is 2.21. The molecule has 0 amide bonds. The summed E-state index contributed by atoms with van der Waals surface area (Å²) in [5.41, 5.74) is 2.63. The zero-order chi connectivity index (χ0) is 14.8. The van der Waals surface area contributed by atoms with Crippen molar-refractivity contribution in [3.05, 3.63) is 64.5 Å². The monoisotopic (exact) mass is 283 g/mol. The molecule has 1 heterocycles. The molecule has 0 aliphatic rings. The van der Waals surface area contributed by atoms with Gasteiger partial charge in [0.15, 0.2) is 0 Å². The van der Waals surface area contributed by atoms with Crippen molar-refractivity contribution in [3.8, 4) is 5.75 Å². The van der Waals surface area contributed by atoms with Crippen molar-refractivity contribution in [1.29, 1.82) is 0 Å². The van der Waals surface area contributed by atoms with Gasteiger partial charge >= 0.3 is 0 Å². The van der Waals surface area contributed by atoms with Crippen LogP contribution in [0.5, 0.6) is 5.75 Å². The second-order valence-corrected chi connectivity index (χ2v) is 4.65. The topological polar surface area (TPSA) is 70.2 Å². The maximum atomic E-state index is 10.9. The minimum Gasteiger partial charge on any atom is -0.497 e. The first-order chi connectivity index (χ1) is 10.2. The highest BCUT2D eigenvalue weighted by molar-refractivity contribution is 5.78. The first kappa shape index (κ1) is 13.1. The first-order valence-corrected chi connectivity index (χ1v) is 6.39. The van der Waals surface area contributed by atoms with E-state index >= 15 is 0 Å². The number of nitro groups is 1. The lowest BCUT2D eigenvalue weighted by Gasteiger charge is -2.06. The Morgan fingerprint density at radius 1 is 1.24 bits per heavy atom. The highest BCUT2D eigenvalue weighted by Crippen LogP contribution is 2.21. The summed E-state index contributed by atoms with van der Waals surface area (Å²) in [7, 11) is 1.62. The van der Waals surface area contributed by atoms with Gasteiger partial charge < -0.3 is 9.30 Å². The van der Waals surface area contributed by atoms with Crippen molar-refractivity contribution in [2.75, 3.05) is 7.11 Å². The van der Waals surface area contributed by atoms with E-state index < -0.39 is 4.92 Å². The number of hydrogen-bond donors (Lipinski definition) is 0. The van der Waals surface area contributed by atoms with Gasteiger partial charge in [0.2, 0.25) is 0 Å². The summed E-state index contributed by atoms with van der Waals surface area (Å²) in [6.45, 7) is 0.599. The Hall–Kier alpha value is -2.89. The van der Waals surface area contributed by atoms with E-state index in [1.807, 2.05) is 28.8 Å². The Kier molecular flexibility index (Phi) is 3.27. The van der Waals surface area contributed by atoms with Gasteiger partial charge in [-0.2, -0.15) is 0 Å². The molecule has 0 bridgehead atoms. The predicted molar refractivity (Wildman–Crippen MR) is 78.5 cm³/mol. The molecule has 6 nitrogen and oxygen atoms in total. The number of imidazole rings is 1. The molecule has 106 valence electrons. The predicted octanol–water partition coefficient (Wildman–Crippen LogP) is 3.00. The number of non-ortho nitro benzene ring substituents is 1. The van der Waals surface area contributed by atoms with Crippen LogP contribution in [-0.4, -0.2) is 21.6 Å². The van der Waals surface area contributed by atoms with Crippen LogP contribution in [0.3, 0.4) is 0 Å². The number of rotatable bonds is 4. The van der Waals surface area contributed by atoms with E-state index in [1.165, 1.54) is 6.07 Å². The second-order valence-electron chi connectivity index (χ2n) is 4.65. The van der Waals surface area contributed by atoms with Gasteiger partial charge in [-0.3, -0.25) is 10.1 Å². The van der Waals surface area contributed by atoms with E-state index in [9.17, 15) is 10.1 Å². The van der Waals surface area contributed by atoms with Gasteiger partial charge in [-0.05, 0) is 23.8 Å². The highest BCUT2D eigenvalue weighted by atomic mass is 16.6. The van der Waals surface area contributed by atoms with Crippen molar-refractivity contribution in [1.82, 2.24) is 9.55 Å². The third-order valence-electron chi connectivity index (χ3n) is 3.33. The number of hydrogen-bond acceptors (Lipinski definition) is 4. The Morgan fingerprint density at radius 2 is 2.00 bits per heavy atom. The molecule has 0 radical (unpaired) electrons. The van der Waals surface area contributed by atoms with Crippen LogP contribution in [0.4, 0.5) is 5.69 Å². The van der Waals surface area contributed by atoms with Crippen molar-refractivity contribution in [2.24, 2.45) is 0 Å². The molecule has 0 spiro atoms. The van der Waals surface area contributed by atoms with Crippen LogP contribution < -0.4 is 4.74 Å². The van der Waals surface area contributed by atoms with Crippen molar-refractivity contribution in [2.45, 2.75) is 6.54 Å².